The van der Waals surface area contributed by atoms with E-state index >= 15 is 0 Å². The van der Waals surface area contributed by atoms with Crippen LogP contribution in [0, 0.1) is 0 Å². The SMILES string of the molecule is CCCC(OCC)C(NC)C1CCCc2cccnc21. The van der Waals surface area contributed by atoms with Crippen LogP contribution >= 0.6 is 0 Å². The predicted molar refractivity (Wildman–Crippen MR) is 83.1 cm³/mol. The van der Waals surface area contributed by atoms with Gasteiger partial charge in [0.2, 0.25) is 0 Å². The molecular formula is C17H28N2O. The average molecular weight is 276 g/mol. The Kier molecular flexibility index (Phi) is 5.99. The van der Waals surface area contributed by atoms with Crippen LogP contribution < -0.4 is 5.32 Å². The average Bonchev–Trinajstić information content (AvgIpc) is 2.49. The molecule has 0 aromatic carbocycles. The summed E-state index contributed by atoms with van der Waals surface area (Å²) in [4.78, 5) is 4.68. The first-order valence-electron chi connectivity index (χ1n) is 8.04. The predicted octanol–water partition coefficient (Wildman–Crippen LogP) is 3.29. The highest BCUT2D eigenvalue weighted by molar-refractivity contribution is 5.27. The molecule has 0 bridgehead atoms. The van der Waals surface area contributed by atoms with Gasteiger partial charge in [0.15, 0.2) is 0 Å². The van der Waals surface area contributed by atoms with Crippen molar-refractivity contribution < 1.29 is 4.74 Å². The lowest BCUT2D eigenvalue weighted by molar-refractivity contribution is 0.0207. The molecule has 1 aromatic heterocycles. The minimum Gasteiger partial charge on any atom is -0.377 e. The fourth-order valence-corrected chi connectivity index (χ4v) is 3.51. The van der Waals surface area contributed by atoms with Gasteiger partial charge in [-0.05, 0) is 51.3 Å². The summed E-state index contributed by atoms with van der Waals surface area (Å²) in [5, 5.41) is 3.52. The van der Waals surface area contributed by atoms with E-state index in [1.807, 2.05) is 6.20 Å². The molecule has 0 fully saturated rings. The number of likely N-dealkylation sites (N-methyl/N-ethyl adjacent to an activating group) is 1. The lowest BCUT2D eigenvalue weighted by Gasteiger charge is -2.36. The number of rotatable bonds is 7. The van der Waals surface area contributed by atoms with Crippen molar-refractivity contribution in [3.05, 3.63) is 29.6 Å². The Bertz CT molecular complexity index is 402. The Labute approximate surface area is 123 Å². The van der Waals surface area contributed by atoms with Crippen molar-refractivity contribution in [2.75, 3.05) is 13.7 Å². The van der Waals surface area contributed by atoms with Crippen molar-refractivity contribution >= 4 is 0 Å². The Morgan fingerprint density at radius 2 is 2.30 bits per heavy atom. The lowest BCUT2D eigenvalue weighted by Crippen LogP contribution is -2.45. The van der Waals surface area contributed by atoms with E-state index in [9.17, 15) is 0 Å². The molecule has 0 radical (unpaired) electrons. The van der Waals surface area contributed by atoms with Crippen LogP contribution in [0.15, 0.2) is 18.3 Å². The number of aromatic nitrogens is 1. The summed E-state index contributed by atoms with van der Waals surface area (Å²) in [7, 11) is 2.06. The summed E-state index contributed by atoms with van der Waals surface area (Å²) in [6.07, 6.45) is 8.12. The van der Waals surface area contributed by atoms with Crippen molar-refractivity contribution in [1.82, 2.24) is 10.3 Å². The summed E-state index contributed by atoms with van der Waals surface area (Å²) in [5.74, 6) is 0.480. The Morgan fingerprint density at radius 1 is 1.45 bits per heavy atom. The van der Waals surface area contributed by atoms with Crippen LogP contribution in [-0.2, 0) is 11.2 Å². The van der Waals surface area contributed by atoms with Crippen LogP contribution in [0.3, 0.4) is 0 Å². The van der Waals surface area contributed by atoms with Crippen molar-refractivity contribution in [3.63, 3.8) is 0 Å². The molecule has 3 heteroatoms. The third kappa shape index (κ3) is 3.39. The molecule has 0 aliphatic heterocycles. The highest BCUT2D eigenvalue weighted by Gasteiger charge is 2.33. The van der Waals surface area contributed by atoms with E-state index < -0.39 is 0 Å². The number of ether oxygens (including phenoxy) is 1. The number of pyridine rings is 1. The fourth-order valence-electron chi connectivity index (χ4n) is 3.51. The van der Waals surface area contributed by atoms with Crippen LogP contribution in [0.2, 0.25) is 0 Å². The van der Waals surface area contributed by atoms with Gasteiger partial charge in [-0.15, -0.1) is 0 Å². The van der Waals surface area contributed by atoms with Gasteiger partial charge in [-0.25, -0.2) is 0 Å². The van der Waals surface area contributed by atoms with Crippen molar-refractivity contribution in [2.45, 2.75) is 64.0 Å². The van der Waals surface area contributed by atoms with Crippen LogP contribution in [-0.4, -0.2) is 30.8 Å². The number of hydrogen-bond donors (Lipinski definition) is 1. The van der Waals surface area contributed by atoms with Crippen molar-refractivity contribution in [1.29, 1.82) is 0 Å². The highest BCUT2D eigenvalue weighted by atomic mass is 16.5. The molecule has 1 heterocycles. The van der Waals surface area contributed by atoms with Gasteiger partial charge >= 0.3 is 0 Å². The first kappa shape index (κ1) is 15.5. The van der Waals surface area contributed by atoms with E-state index in [0.717, 1.165) is 19.4 Å². The molecule has 3 atom stereocenters. The van der Waals surface area contributed by atoms with Gasteiger partial charge in [0.1, 0.15) is 0 Å². The topological polar surface area (TPSA) is 34.1 Å². The zero-order valence-corrected chi connectivity index (χ0v) is 13.1. The van der Waals surface area contributed by atoms with Gasteiger partial charge in [0, 0.05) is 30.5 Å². The molecule has 20 heavy (non-hydrogen) atoms. The molecule has 1 aliphatic rings. The number of nitrogens with one attached hydrogen (secondary N) is 1. The molecule has 0 spiro atoms. The zero-order valence-electron chi connectivity index (χ0n) is 13.1. The van der Waals surface area contributed by atoms with Crippen LogP contribution in [0.5, 0.6) is 0 Å². The second-order valence-corrected chi connectivity index (χ2v) is 5.64. The summed E-state index contributed by atoms with van der Waals surface area (Å²) in [6, 6.07) is 4.65. The quantitative estimate of drug-likeness (QED) is 0.829. The maximum atomic E-state index is 6.01. The van der Waals surface area contributed by atoms with E-state index in [1.54, 1.807) is 0 Å². The molecular weight excluding hydrogens is 248 g/mol. The minimum atomic E-state index is 0.285. The normalized spacial score (nSPS) is 21.2. The monoisotopic (exact) mass is 276 g/mol. The second kappa shape index (κ2) is 7.75. The smallest absolute Gasteiger partial charge is 0.0734 e. The van der Waals surface area contributed by atoms with Crippen LogP contribution in [0.25, 0.3) is 0 Å². The van der Waals surface area contributed by atoms with E-state index in [0.29, 0.717) is 12.0 Å². The number of fused-ring (bicyclic) bond motifs is 1. The maximum Gasteiger partial charge on any atom is 0.0734 e. The van der Waals surface area contributed by atoms with Gasteiger partial charge in [0.25, 0.3) is 0 Å². The summed E-state index contributed by atoms with van der Waals surface area (Å²) in [5.41, 5.74) is 2.72. The Hall–Kier alpha value is -0.930. The van der Waals surface area contributed by atoms with E-state index in [4.69, 9.17) is 4.74 Å². The lowest BCUT2D eigenvalue weighted by atomic mass is 9.79. The Morgan fingerprint density at radius 3 is 3.00 bits per heavy atom. The van der Waals surface area contributed by atoms with Gasteiger partial charge in [-0.1, -0.05) is 19.4 Å². The first-order chi connectivity index (χ1) is 9.81. The molecule has 0 saturated carbocycles. The van der Waals surface area contributed by atoms with Gasteiger partial charge in [-0.3, -0.25) is 4.98 Å². The zero-order chi connectivity index (χ0) is 14.4. The molecule has 1 aliphatic carbocycles. The fraction of sp³-hybridized carbons (Fsp3) is 0.706. The third-order valence-electron chi connectivity index (χ3n) is 4.36. The van der Waals surface area contributed by atoms with Crippen LogP contribution in [0.4, 0.5) is 0 Å². The largest absolute Gasteiger partial charge is 0.377 e. The number of aryl methyl sites for hydroxylation is 1. The van der Waals surface area contributed by atoms with E-state index in [2.05, 4.69) is 43.3 Å². The highest BCUT2D eigenvalue weighted by Crippen LogP contribution is 2.34. The van der Waals surface area contributed by atoms with Gasteiger partial charge < -0.3 is 10.1 Å². The number of hydrogen-bond acceptors (Lipinski definition) is 3. The standard InChI is InChI=1S/C17H28N2O/c1-4-8-15(20-5-2)17(18-3)14-11-6-9-13-10-7-12-19-16(13)14/h7,10,12,14-15,17-18H,4-6,8-9,11H2,1-3H3. The summed E-state index contributed by atoms with van der Waals surface area (Å²) in [6.45, 7) is 5.10. The molecule has 0 amide bonds. The first-order valence-corrected chi connectivity index (χ1v) is 8.04. The molecule has 1 N–H and O–H groups in total. The van der Waals surface area contributed by atoms with E-state index in [-0.39, 0.29) is 6.10 Å². The van der Waals surface area contributed by atoms with Gasteiger partial charge in [0.05, 0.1) is 6.10 Å². The number of nitrogens with zero attached hydrogens (tertiary/aromatic N) is 1. The van der Waals surface area contributed by atoms with Gasteiger partial charge in [-0.2, -0.15) is 0 Å². The second-order valence-electron chi connectivity index (χ2n) is 5.64. The molecule has 3 unspecified atom stereocenters. The molecule has 1 aromatic rings. The molecule has 112 valence electrons. The van der Waals surface area contributed by atoms with Crippen molar-refractivity contribution in [2.24, 2.45) is 0 Å². The molecule has 3 nitrogen and oxygen atoms in total. The van der Waals surface area contributed by atoms with Crippen molar-refractivity contribution in [3.8, 4) is 0 Å². The van der Waals surface area contributed by atoms with E-state index in [1.165, 1.54) is 30.5 Å². The summed E-state index contributed by atoms with van der Waals surface area (Å²) >= 11 is 0. The molecule has 0 saturated heterocycles. The minimum absolute atomic E-state index is 0.285. The third-order valence-corrected chi connectivity index (χ3v) is 4.36. The molecule has 2 rings (SSSR count). The maximum absolute atomic E-state index is 6.01. The Balaban J connectivity index is 2.23. The summed E-state index contributed by atoms with van der Waals surface area (Å²) < 4.78 is 6.01. The van der Waals surface area contributed by atoms with Crippen LogP contribution in [0.1, 0.15) is 56.7 Å².